The predicted molar refractivity (Wildman–Crippen MR) is 156 cm³/mol. The Morgan fingerprint density at radius 2 is 1.95 bits per heavy atom. The van der Waals surface area contributed by atoms with E-state index in [0.29, 0.717) is 32.4 Å². The molecule has 0 spiro atoms. The lowest BCUT2D eigenvalue weighted by Crippen LogP contribution is -2.39. The number of nitrogens with one attached hydrogen (secondary N) is 1. The number of carbonyl (C=O) groups is 1. The molecule has 2 aliphatic rings. The third-order valence-corrected chi connectivity index (χ3v) is 9.77. The fraction of sp³-hybridized carbons (Fsp3) is 0.214. The second kappa shape index (κ2) is 11.8. The first kappa shape index (κ1) is 30.0. The van der Waals surface area contributed by atoms with Crippen molar-refractivity contribution in [3.8, 4) is 0 Å². The first-order valence-electron chi connectivity index (χ1n) is 13.0. The fourth-order valence-corrected chi connectivity index (χ4v) is 7.35. The van der Waals surface area contributed by atoms with Crippen LogP contribution in [0.4, 0.5) is 13.2 Å². The van der Waals surface area contributed by atoms with Crippen molar-refractivity contribution in [2.75, 3.05) is 13.7 Å². The molecule has 4 heterocycles. The highest BCUT2D eigenvalue weighted by Crippen LogP contribution is 2.46. The number of sulfonamides is 1. The summed E-state index contributed by atoms with van der Waals surface area (Å²) in [6.45, 7) is -2.76. The number of carbonyl (C=O) groups excluding carboxylic acids is 1. The van der Waals surface area contributed by atoms with Crippen molar-refractivity contribution >= 4 is 50.3 Å². The molecule has 228 valence electrons. The molecule has 6 rings (SSSR count). The molecule has 2 aromatic carbocycles. The number of aromatic nitrogens is 3. The van der Waals surface area contributed by atoms with Crippen molar-refractivity contribution < 1.29 is 31.1 Å². The molecule has 1 saturated heterocycles. The van der Waals surface area contributed by atoms with E-state index < -0.39 is 40.4 Å². The minimum Gasteiger partial charge on any atom is -0.465 e. The molecule has 4 aromatic rings. The number of thiazole rings is 1. The quantitative estimate of drug-likeness (QED) is 0.255. The maximum Gasteiger partial charge on any atom is 0.337 e. The minimum atomic E-state index is -4.06. The lowest BCUT2D eigenvalue weighted by molar-refractivity contribution is 0.0563. The SMILES string of the molecule is COC(=O)c1ccc(S(=O)(=O)N[C@H]2CC3=C(c4ccn(C(F)F)n4)[C@H](c4ccc(F)cc4Cl)N=C(c4nccs4)N3C2)cc1. The molecule has 44 heavy (non-hydrogen) atoms. The Balaban J connectivity index is 1.44. The molecular formula is C28H22ClF3N6O4S2. The third kappa shape index (κ3) is 5.63. The number of alkyl halides is 2. The highest BCUT2D eigenvalue weighted by Gasteiger charge is 2.42. The summed E-state index contributed by atoms with van der Waals surface area (Å²) in [5.41, 5.74) is 1.77. The molecule has 0 amide bonds. The number of hydrogen-bond donors (Lipinski definition) is 1. The van der Waals surface area contributed by atoms with E-state index in [1.54, 1.807) is 16.5 Å². The van der Waals surface area contributed by atoms with E-state index in [0.717, 1.165) is 12.3 Å². The van der Waals surface area contributed by atoms with Gasteiger partial charge in [0.25, 0.3) is 0 Å². The van der Waals surface area contributed by atoms with Gasteiger partial charge in [0, 0.05) is 58.6 Å². The van der Waals surface area contributed by atoms with Crippen molar-refractivity contribution in [1.29, 1.82) is 0 Å². The van der Waals surface area contributed by atoms with Crippen molar-refractivity contribution in [2.45, 2.75) is 29.9 Å². The minimum absolute atomic E-state index is 0.0651. The maximum absolute atomic E-state index is 14.0. The number of benzene rings is 2. The van der Waals surface area contributed by atoms with E-state index in [-0.39, 0.29) is 34.1 Å². The molecule has 1 fully saturated rings. The first-order chi connectivity index (χ1) is 21.1. The number of nitrogens with zero attached hydrogens (tertiary/aromatic N) is 5. The largest absolute Gasteiger partial charge is 0.465 e. The lowest BCUT2D eigenvalue weighted by atomic mass is 9.92. The molecule has 0 radical (unpaired) electrons. The van der Waals surface area contributed by atoms with Crippen LogP contribution < -0.4 is 4.72 Å². The Morgan fingerprint density at radius 1 is 1.18 bits per heavy atom. The number of rotatable bonds is 8. The molecule has 0 unspecified atom stereocenters. The van der Waals surface area contributed by atoms with Crippen LogP contribution in [-0.2, 0) is 14.8 Å². The molecule has 10 nitrogen and oxygen atoms in total. The van der Waals surface area contributed by atoms with Crippen molar-refractivity contribution in [3.05, 3.63) is 105 Å². The third-order valence-electron chi connectivity index (χ3n) is 7.13. The van der Waals surface area contributed by atoms with Crippen LogP contribution in [0.15, 0.2) is 81.9 Å². The van der Waals surface area contributed by atoms with Gasteiger partial charge in [-0.1, -0.05) is 17.7 Å². The van der Waals surface area contributed by atoms with Crippen LogP contribution in [-0.4, -0.2) is 59.6 Å². The topological polar surface area (TPSA) is 119 Å². The average Bonchev–Trinajstić information content (AvgIpc) is 3.77. The second-order valence-corrected chi connectivity index (χ2v) is 12.8. The lowest BCUT2D eigenvalue weighted by Gasteiger charge is -2.32. The van der Waals surface area contributed by atoms with Gasteiger partial charge in [0.1, 0.15) is 11.9 Å². The normalized spacial score (nSPS) is 18.5. The Bertz CT molecular complexity index is 1900. The van der Waals surface area contributed by atoms with Gasteiger partial charge in [-0.05, 0) is 42.5 Å². The summed E-state index contributed by atoms with van der Waals surface area (Å²) in [6, 6.07) is 8.97. The van der Waals surface area contributed by atoms with Crippen molar-refractivity contribution in [2.24, 2.45) is 4.99 Å². The van der Waals surface area contributed by atoms with E-state index in [9.17, 15) is 26.4 Å². The summed E-state index contributed by atoms with van der Waals surface area (Å²) >= 11 is 7.80. The van der Waals surface area contributed by atoms with E-state index >= 15 is 0 Å². The van der Waals surface area contributed by atoms with Gasteiger partial charge in [-0.3, -0.25) is 4.99 Å². The number of esters is 1. The molecular weight excluding hydrogens is 641 g/mol. The van der Waals surface area contributed by atoms with Crippen LogP contribution in [0.1, 0.15) is 45.6 Å². The smallest absolute Gasteiger partial charge is 0.337 e. The standard InChI is InChI=1S/C28H22ClF3N6O4S2/c1-42-27(39)15-2-5-18(6-3-15)44(40,41)36-17-13-22-23(21-8-10-38(35-21)28(31)32)24(19-7-4-16(30)12-20(19)29)34-25(37(22)14-17)26-33-9-11-43-26/h2-12,17,24,28,36H,13-14H2,1H3/t17-,24-/m0/s1. The zero-order valence-electron chi connectivity index (χ0n) is 22.7. The highest BCUT2D eigenvalue weighted by atomic mass is 35.5. The van der Waals surface area contributed by atoms with Crippen molar-refractivity contribution in [1.82, 2.24) is 24.4 Å². The number of amidine groups is 1. The Kier molecular flexibility index (Phi) is 8.04. The van der Waals surface area contributed by atoms with E-state index in [1.165, 1.54) is 60.9 Å². The van der Waals surface area contributed by atoms with E-state index in [2.05, 4.69) is 19.5 Å². The zero-order valence-corrected chi connectivity index (χ0v) is 25.1. The molecule has 0 bridgehead atoms. The number of hydrogen-bond acceptors (Lipinski definition) is 9. The first-order valence-corrected chi connectivity index (χ1v) is 15.8. The summed E-state index contributed by atoms with van der Waals surface area (Å²) in [5, 5.41) is 6.45. The van der Waals surface area contributed by atoms with Gasteiger partial charge < -0.3 is 9.64 Å². The molecule has 2 aliphatic heterocycles. The van der Waals surface area contributed by atoms with Crippen LogP contribution in [0.3, 0.4) is 0 Å². The number of aliphatic imine (C=N–C) groups is 1. The fourth-order valence-electron chi connectivity index (χ4n) is 5.21. The zero-order chi connectivity index (χ0) is 31.2. The van der Waals surface area contributed by atoms with Gasteiger partial charge in [-0.15, -0.1) is 11.3 Å². The molecule has 0 aliphatic carbocycles. The van der Waals surface area contributed by atoms with E-state index in [4.69, 9.17) is 16.6 Å². The van der Waals surface area contributed by atoms with Crippen LogP contribution in [0.5, 0.6) is 0 Å². The summed E-state index contributed by atoms with van der Waals surface area (Å²) in [4.78, 5) is 22.8. The molecule has 1 N–H and O–H groups in total. The van der Waals surface area contributed by atoms with Crippen LogP contribution in [0, 0.1) is 5.82 Å². The van der Waals surface area contributed by atoms with Crippen LogP contribution in [0.2, 0.25) is 5.02 Å². The van der Waals surface area contributed by atoms with Crippen LogP contribution >= 0.6 is 22.9 Å². The van der Waals surface area contributed by atoms with Gasteiger partial charge in [-0.2, -0.15) is 13.9 Å². The molecule has 2 atom stereocenters. The van der Waals surface area contributed by atoms with Gasteiger partial charge in [0.15, 0.2) is 10.8 Å². The Hall–Kier alpha value is -4.05. The van der Waals surface area contributed by atoms with E-state index in [1.807, 2.05) is 0 Å². The van der Waals surface area contributed by atoms with Crippen LogP contribution in [0.25, 0.3) is 5.57 Å². The Labute approximate surface area is 258 Å². The van der Waals surface area contributed by atoms with Gasteiger partial charge in [-0.25, -0.2) is 32.0 Å². The summed E-state index contributed by atoms with van der Waals surface area (Å²) in [5.74, 6) is -0.749. The predicted octanol–water partition coefficient (Wildman–Crippen LogP) is 5.28. The van der Waals surface area contributed by atoms with Gasteiger partial charge in [0.2, 0.25) is 10.0 Å². The molecule has 2 aromatic heterocycles. The summed E-state index contributed by atoms with van der Waals surface area (Å²) in [7, 11) is -2.84. The number of halogens is 4. The number of methoxy groups -OCH3 is 1. The Morgan fingerprint density at radius 3 is 2.59 bits per heavy atom. The number of ether oxygens (including phenoxy) is 1. The number of fused-ring (bicyclic) bond motifs is 1. The highest BCUT2D eigenvalue weighted by molar-refractivity contribution is 7.89. The van der Waals surface area contributed by atoms with Crippen molar-refractivity contribution in [3.63, 3.8) is 0 Å². The monoisotopic (exact) mass is 662 g/mol. The molecule has 16 heteroatoms. The second-order valence-electron chi connectivity index (χ2n) is 9.83. The average molecular weight is 663 g/mol. The van der Waals surface area contributed by atoms with Gasteiger partial charge in [0.05, 0.1) is 23.3 Å². The summed E-state index contributed by atoms with van der Waals surface area (Å²) in [6.07, 6.45) is 2.87. The maximum atomic E-state index is 14.0. The van der Waals surface area contributed by atoms with Gasteiger partial charge >= 0.3 is 12.5 Å². The summed E-state index contributed by atoms with van der Waals surface area (Å²) < 4.78 is 75.8. The molecule has 0 saturated carbocycles.